The molecular formula is C16H25FN2O. The maximum atomic E-state index is 13.5. The fourth-order valence-electron chi connectivity index (χ4n) is 2.82. The Bertz CT molecular complexity index is 438. The van der Waals surface area contributed by atoms with Crippen LogP contribution in [-0.2, 0) is 11.3 Å². The van der Waals surface area contributed by atoms with Gasteiger partial charge in [0, 0.05) is 32.4 Å². The van der Waals surface area contributed by atoms with Crippen molar-refractivity contribution >= 4 is 5.69 Å². The van der Waals surface area contributed by atoms with E-state index >= 15 is 0 Å². The molecule has 1 aliphatic heterocycles. The quantitative estimate of drug-likeness (QED) is 0.897. The average molecular weight is 280 g/mol. The van der Waals surface area contributed by atoms with Crippen LogP contribution in [0.5, 0.6) is 0 Å². The molecule has 1 N–H and O–H groups in total. The van der Waals surface area contributed by atoms with Gasteiger partial charge in [0.15, 0.2) is 0 Å². The molecule has 4 heteroatoms. The highest BCUT2D eigenvalue weighted by Gasteiger charge is 2.27. The van der Waals surface area contributed by atoms with Gasteiger partial charge in [-0.25, -0.2) is 4.39 Å². The van der Waals surface area contributed by atoms with E-state index in [0.717, 1.165) is 37.3 Å². The van der Waals surface area contributed by atoms with Crippen molar-refractivity contribution in [3.63, 3.8) is 0 Å². The maximum Gasteiger partial charge on any atom is 0.123 e. The number of piperidine rings is 1. The van der Waals surface area contributed by atoms with Crippen LogP contribution in [0.1, 0.15) is 25.8 Å². The molecule has 0 aliphatic carbocycles. The molecule has 1 heterocycles. The molecule has 1 aromatic rings. The smallest absolute Gasteiger partial charge is 0.123 e. The summed E-state index contributed by atoms with van der Waals surface area (Å²) in [5, 5.41) is 3.28. The normalized spacial score (nSPS) is 23.1. The zero-order chi connectivity index (χ0) is 14.5. The molecule has 112 valence electrons. The minimum Gasteiger partial charge on any atom is -0.379 e. The first kappa shape index (κ1) is 15.3. The van der Waals surface area contributed by atoms with Crippen LogP contribution >= 0.6 is 0 Å². The third-order valence-corrected chi connectivity index (χ3v) is 4.14. The first-order valence-corrected chi connectivity index (χ1v) is 7.42. The topological polar surface area (TPSA) is 24.5 Å². The number of hydrogen-bond acceptors (Lipinski definition) is 3. The van der Waals surface area contributed by atoms with Crippen molar-refractivity contribution < 1.29 is 9.13 Å². The zero-order valence-electron chi connectivity index (χ0n) is 12.7. The van der Waals surface area contributed by atoms with Crippen LogP contribution in [0.2, 0.25) is 0 Å². The predicted molar refractivity (Wildman–Crippen MR) is 80.6 cm³/mol. The summed E-state index contributed by atoms with van der Waals surface area (Å²) in [5.74, 6) is 0.407. The molecule has 1 aliphatic rings. The van der Waals surface area contributed by atoms with Crippen LogP contribution in [0.4, 0.5) is 10.1 Å². The number of hydrogen-bond donors (Lipinski definition) is 1. The van der Waals surface area contributed by atoms with Crippen molar-refractivity contribution in [2.45, 2.75) is 32.9 Å². The number of nitrogens with one attached hydrogen (secondary N) is 1. The van der Waals surface area contributed by atoms with Gasteiger partial charge in [0.2, 0.25) is 0 Å². The first-order chi connectivity index (χ1) is 9.65. The van der Waals surface area contributed by atoms with Crippen molar-refractivity contribution in [3.8, 4) is 0 Å². The van der Waals surface area contributed by atoms with Gasteiger partial charge in [-0.05, 0) is 42.6 Å². The van der Waals surface area contributed by atoms with Crippen molar-refractivity contribution in [1.82, 2.24) is 5.32 Å². The summed E-state index contributed by atoms with van der Waals surface area (Å²) in [6.07, 6.45) is 1.36. The second kappa shape index (κ2) is 7.04. The summed E-state index contributed by atoms with van der Waals surface area (Å²) < 4.78 is 19.0. The number of nitrogens with zero attached hydrogens (tertiary/aromatic N) is 1. The summed E-state index contributed by atoms with van der Waals surface area (Å²) in [5.41, 5.74) is 2.15. The molecule has 1 fully saturated rings. The Kier molecular flexibility index (Phi) is 5.38. The van der Waals surface area contributed by atoms with Gasteiger partial charge in [-0.1, -0.05) is 13.8 Å². The van der Waals surface area contributed by atoms with Gasteiger partial charge in [-0.3, -0.25) is 0 Å². The first-order valence-electron chi connectivity index (χ1n) is 7.42. The predicted octanol–water partition coefficient (Wildman–Crippen LogP) is 2.80. The number of rotatable bonds is 5. The van der Waals surface area contributed by atoms with Gasteiger partial charge in [0.1, 0.15) is 5.82 Å². The molecular weight excluding hydrogens is 255 g/mol. The molecule has 1 aromatic carbocycles. The second-order valence-electron chi connectivity index (χ2n) is 5.54. The lowest BCUT2D eigenvalue weighted by atomic mass is 9.95. The van der Waals surface area contributed by atoms with Crippen molar-refractivity contribution in [2.75, 3.05) is 31.6 Å². The van der Waals surface area contributed by atoms with Gasteiger partial charge in [-0.2, -0.15) is 0 Å². The van der Waals surface area contributed by atoms with Crippen LogP contribution in [0, 0.1) is 11.7 Å². The van der Waals surface area contributed by atoms with E-state index in [1.54, 1.807) is 19.2 Å². The number of benzene rings is 1. The van der Waals surface area contributed by atoms with Crippen LogP contribution in [0.25, 0.3) is 0 Å². The monoisotopic (exact) mass is 280 g/mol. The summed E-state index contributed by atoms with van der Waals surface area (Å²) in [7, 11) is 1.77. The Morgan fingerprint density at radius 3 is 2.95 bits per heavy atom. The molecule has 0 spiro atoms. The second-order valence-corrected chi connectivity index (χ2v) is 5.54. The van der Waals surface area contributed by atoms with Gasteiger partial charge >= 0.3 is 0 Å². The van der Waals surface area contributed by atoms with Crippen molar-refractivity contribution in [2.24, 2.45) is 5.92 Å². The van der Waals surface area contributed by atoms with E-state index in [1.807, 2.05) is 6.07 Å². The number of ether oxygens (including phenoxy) is 1. The SMILES string of the molecule is CCNCc1cc(F)ccc1N1CCC(C)C(OC)C1. The molecule has 2 atom stereocenters. The Labute approximate surface area is 121 Å². The molecule has 0 bridgehead atoms. The Hall–Kier alpha value is -1.13. The molecule has 2 unspecified atom stereocenters. The molecule has 20 heavy (non-hydrogen) atoms. The van der Waals surface area contributed by atoms with E-state index in [0.29, 0.717) is 12.5 Å². The Balaban J connectivity index is 2.18. The highest BCUT2D eigenvalue weighted by atomic mass is 19.1. The minimum absolute atomic E-state index is 0.171. The van der Waals surface area contributed by atoms with E-state index in [4.69, 9.17) is 4.74 Å². The number of halogens is 1. The van der Waals surface area contributed by atoms with Gasteiger partial charge in [-0.15, -0.1) is 0 Å². The van der Waals surface area contributed by atoms with E-state index in [-0.39, 0.29) is 11.9 Å². The lowest BCUT2D eigenvalue weighted by Crippen LogP contribution is -2.44. The third kappa shape index (κ3) is 3.49. The molecule has 0 saturated carbocycles. The van der Waals surface area contributed by atoms with E-state index in [9.17, 15) is 4.39 Å². The summed E-state index contributed by atoms with van der Waals surface area (Å²) in [6.45, 7) is 7.76. The van der Waals surface area contributed by atoms with Crippen LogP contribution in [0.15, 0.2) is 18.2 Å². The molecule has 0 aromatic heterocycles. The lowest BCUT2D eigenvalue weighted by Gasteiger charge is -2.38. The highest BCUT2D eigenvalue weighted by Crippen LogP contribution is 2.28. The largest absolute Gasteiger partial charge is 0.379 e. The Morgan fingerprint density at radius 1 is 1.45 bits per heavy atom. The summed E-state index contributed by atoms with van der Waals surface area (Å²) >= 11 is 0. The van der Waals surface area contributed by atoms with Crippen LogP contribution in [0.3, 0.4) is 0 Å². The van der Waals surface area contributed by atoms with Gasteiger partial charge in [0.05, 0.1) is 6.10 Å². The fourth-order valence-corrected chi connectivity index (χ4v) is 2.82. The minimum atomic E-state index is -0.171. The van der Waals surface area contributed by atoms with Crippen molar-refractivity contribution in [3.05, 3.63) is 29.6 Å². The van der Waals surface area contributed by atoms with Gasteiger partial charge < -0.3 is 15.0 Å². The van der Waals surface area contributed by atoms with E-state index in [1.165, 1.54) is 0 Å². The molecule has 3 nitrogen and oxygen atoms in total. The number of methoxy groups -OCH3 is 1. The third-order valence-electron chi connectivity index (χ3n) is 4.14. The summed E-state index contributed by atoms with van der Waals surface area (Å²) in [4.78, 5) is 2.32. The molecule has 2 rings (SSSR count). The molecule has 1 saturated heterocycles. The Morgan fingerprint density at radius 2 is 2.25 bits per heavy atom. The van der Waals surface area contributed by atoms with E-state index in [2.05, 4.69) is 24.1 Å². The van der Waals surface area contributed by atoms with Crippen molar-refractivity contribution in [1.29, 1.82) is 0 Å². The standard InChI is InChI=1S/C16H25FN2O/c1-4-18-10-13-9-14(17)5-6-15(13)19-8-7-12(2)16(11-19)20-3/h5-6,9,12,16,18H,4,7-8,10-11H2,1-3H3. The lowest BCUT2D eigenvalue weighted by molar-refractivity contribution is 0.0498. The zero-order valence-corrected chi connectivity index (χ0v) is 12.7. The maximum absolute atomic E-state index is 13.5. The molecule has 0 radical (unpaired) electrons. The average Bonchev–Trinajstić information content (AvgIpc) is 2.46. The van der Waals surface area contributed by atoms with Crippen LogP contribution in [-0.4, -0.2) is 32.8 Å². The summed E-state index contributed by atoms with van der Waals surface area (Å²) in [6, 6.07) is 5.08. The molecule has 0 amide bonds. The number of anilines is 1. The van der Waals surface area contributed by atoms with Gasteiger partial charge in [0.25, 0.3) is 0 Å². The highest BCUT2D eigenvalue weighted by molar-refractivity contribution is 5.54. The van der Waals surface area contributed by atoms with Crippen LogP contribution < -0.4 is 10.2 Å². The fraction of sp³-hybridized carbons (Fsp3) is 0.625. The van der Waals surface area contributed by atoms with E-state index < -0.39 is 0 Å².